The van der Waals surface area contributed by atoms with Gasteiger partial charge in [0.15, 0.2) is 0 Å². The van der Waals surface area contributed by atoms with Crippen LogP contribution >= 0.6 is 0 Å². The average Bonchev–Trinajstić information content (AvgIpc) is 2.53. The highest BCUT2D eigenvalue weighted by Crippen LogP contribution is 2.44. The zero-order valence-corrected chi connectivity index (χ0v) is 13.0. The van der Waals surface area contributed by atoms with Crippen LogP contribution in [0, 0.1) is 6.92 Å². The van der Waals surface area contributed by atoms with Crippen molar-refractivity contribution in [2.45, 2.75) is 19.3 Å². The second kappa shape index (κ2) is 5.72. The Balaban J connectivity index is 2.15. The van der Waals surface area contributed by atoms with Crippen molar-refractivity contribution in [3.05, 3.63) is 53.1 Å². The van der Waals surface area contributed by atoms with Crippen molar-refractivity contribution >= 4 is 11.6 Å². The van der Waals surface area contributed by atoms with Gasteiger partial charge in [-0.05, 0) is 12.5 Å². The molecular weight excluding hydrogens is 278 g/mol. The summed E-state index contributed by atoms with van der Waals surface area (Å²) in [5, 5.41) is 2.92. The van der Waals surface area contributed by atoms with E-state index in [1.165, 1.54) is 5.56 Å². The Kier molecular flexibility index (Phi) is 3.75. The zero-order chi connectivity index (χ0) is 15.7. The maximum Gasteiger partial charge on any atom is 0.225 e. The van der Waals surface area contributed by atoms with Crippen molar-refractivity contribution in [1.82, 2.24) is 0 Å². The molecule has 4 heteroatoms. The third-order valence-corrected chi connectivity index (χ3v) is 4.06. The van der Waals surface area contributed by atoms with Gasteiger partial charge in [-0.2, -0.15) is 0 Å². The molecule has 1 unspecified atom stereocenters. The standard InChI is InChI=1S/C18H19NO3/c1-11-4-6-12(7-5-11)14-10-17(20)19-15-8-13(21-2)9-16(22-3)18(14)15/h4-9,14H,10H2,1-3H3,(H,19,20). The van der Waals surface area contributed by atoms with Gasteiger partial charge in [0.25, 0.3) is 0 Å². The minimum Gasteiger partial charge on any atom is -0.497 e. The molecule has 3 rings (SSSR count). The molecule has 0 aromatic heterocycles. The molecule has 0 fully saturated rings. The van der Waals surface area contributed by atoms with E-state index in [1.807, 2.05) is 12.1 Å². The van der Waals surface area contributed by atoms with Crippen LogP contribution in [0.25, 0.3) is 0 Å². The number of methoxy groups -OCH3 is 2. The van der Waals surface area contributed by atoms with E-state index in [0.29, 0.717) is 12.2 Å². The lowest BCUT2D eigenvalue weighted by atomic mass is 9.84. The lowest BCUT2D eigenvalue weighted by molar-refractivity contribution is -0.116. The maximum absolute atomic E-state index is 12.1. The number of ether oxygens (including phenoxy) is 2. The Morgan fingerprint density at radius 2 is 1.82 bits per heavy atom. The van der Waals surface area contributed by atoms with Crippen molar-refractivity contribution in [3.8, 4) is 11.5 Å². The van der Waals surface area contributed by atoms with Gasteiger partial charge in [0, 0.05) is 30.0 Å². The summed E-state index contributed by atoms with van der Waals surface area (Å²) in [4.78, 5) is 12.1. The largest absolute Gasteiger partial charge is 0.497 e. The Morgan fingerprint density at radius 1 is 1.09 bits per heavy atom. The fourth-order valence-corrected chi connectivity index (χ4v) is 2.92. The Morgan fingerprint density at radius 3 is 2.45 bits per heavy atom. The molecule has 0 saturated carbocycles. The first-order chi connectivity index (χ1) is 10.6. The molecule has 4 nitrogen and oxygen atoms in total. The van der Waals surface area contributed by atoms with Gasteiger partial charge >= 0.3 is 0 Å². The van der Waals surface area contributed by atoms with Crippen molar-refractivity contribution in [3.63, 3.8) is 0 Å². The highest BCUT2D eigenvalue weighted by Gasteiger charge is 2.30. The maximum atomic E-state index is 12.1. The van der Waals surface area contributed by atoms with Gasteiger partial charge in [0.1, 0.15) is 11.5 Å². The van der Waals surface area contributed by atoms with Crippen LogP contribution in [0.15, 0.2) is 36.4 Å². The highest BCUT2D eigenvalue weighted by atomic mass is 16.5. The molecule has 1 heterocycles. The van der Waals surface area contributed by atoms with Crippen molar-refractivity contribution in [2.24, 2.45) is 0 Å². The van der Waals surface area contributed by atoms with Crippen molar-refractivity contribution in [2.75, 3.05) is 19.5 Å². The summed E-state index contributed by atoms with van der Waals surface area (Å²) < 4.78 is 10.8. The molecule has 2 aromatic rings. The molecular formula is C18H19NO3. The number of hydrogen-bond donors (Lipinski definition) is 1. The molecule has 0 saturated heterocycles. The summed E-state index contributed by atoms with van der Waals surface area (Å²) in [6, 6.07) is 12.0. The van der Waals surface area contributed by atoms with E-state index in [9.17, 15) is 4.79 Å². The molecule has 0 aliphatic carbocycles. The number of anilines is 1. The van der Waals surface area contributed by atoms with Crippen LogP contribution in [-0.2, 0) is 4.79 Å². The molecule has 0 radical (unpaired) electrons. The van der Waals surface area contributed by atoms with Gasteiger partial charge in [-0.1, -0.05) is 29.8 Å². The number of aryl methyl sites for hydroxylation is 1. The lowest BCUT2D eigenvalue weighted by Crippen LogP contribution is -2.24. The SMILES string of the molecule is COc1cc2c(c(OC)c1)C(c1ccc(C)cc1)CC(=O)N2. The fraction of sp³-hybridized carbons (Fsp3) is 0.278. The number of carbonyl (C=O) groups excluding carboxylic acids is 1. The number of amides is 1. The van der Waals surface area contributed by atoms with Crippen LogP contribution in [0.2, 0.25) is 0 Å². The van der Waals surface area contributed by atoms with Gasteiger partial charge in [-0.25, -0.2) is 0 Å². The van der Waals surface area contributed by atoms with Crippen LogP contribution in [0.4, 0.5) is 5.69 Å². The predicted molar refractivity (Wildman–Crippen MR) is 85.8 cm³/mol. The van der Waals surface area contributed by atoms with Crippen LogP contribution in [0.5, 0.6) is 11.5 Å². The summed E-state index contributed by atoms with van der Waals surface area (Å²) in [5.74, 6) is 1.40. The number of fused-ring (bicyclic) bond motifs is 1. The first-order valence-corrected chi connectivity index (χ1v) is 7.24. The molecule has 22 heavy (non-hydrogen) atoms. The Labute approximate surface area is 130 Å². The smallest absolute Gasteiger partial charge is 0.225 e. The Hall–Kier alpha value is -2.49. The van der Waals surface area contributed by atoms with Gasteiger partial charge in [0.2, 0.25) is 5.91 Å². The third kappa shape index (κ3) is 2.52. The molecule has 1 N–H and O–H groups in total. The number of benzene rings is 2. The molecule has 1 aliphatic rings. The van der Waals surface area contributed by atoms with E-state index in [4.69, 9.17) is 9.47 Å². The minimum absolute atomic E-state index is 0.00776. The van der Waals surface area contributed by atoms with Crippen LogP contribution in [-0.4, -0.2) is 20.1 Å². The van der Waals surface area contributed by atoms with Gasteiger partial charge in [-0.3, -0.25) is 4.79 Å². The molecule has 1 atom stereocenters. The highest BCUT2D eigenvalue weighted by molar-refractivity contribution is 5.96. The first-order valence-electron chi connectivity index (χ1n) is 7.24. The van der Waals surface area contributed by atoms with Crippen molar-refractivity contribution < 1.29 is 14.3 Å². The molecule has 0 bridgehead atoms. The van der Waals surface area contributed by atoms with Crippen LogP contribution in [0.1, 0.15) is 29.0 Å². The zero-order valence-electron chi connectivity index (χ0n) is 13.0. The molecule has 1 aliphatic heterocycles. The molecule has 0 spiro atoms. The van der Waals surface area contributed by atoms with Crippen molar-refractivity contribution in [1.29, 1.82) is 0 Å². The quantitative estimate of drug-likeness (QED) is 0.943. The first kappa shape index (κ1) is 14.4. The summed E-state index contributed by atoms with van der Waals surface area (Å²) >= 11 is 0. The van der Waals surface area contributed by atoms with E-state index in [1.54, 1.807) is 14.2 Å². The molecule has 1 amide bonds. The Bertz CT molecular complexity index is 707. The second-order valence-corrected chi connectivity index (χ2v) is 5.51. The van der Waals surface area contributed by atoms with Gasteiger partial charge < -0.3 is 14.8 Å². The van der Waals surface area contributed by atoms with Gasteiger partial charge in [0.05, 0.1) is 19.9 Å². The number of carbonyl (C=O) groups is 1. The summed E-state index contributed by atoms with van der Waals surface area (Å²) in [7, 11) is 3.24. The summed E-state index contributed by atoms with van der Waals surface area (Å²) in [6.45, 7) is 2.05. The lowest BCUT2D eigenvalue weighted by Gasteiger charge is -2.28. The number of rotatable bonds is 3. The topological polar surface area (TPSA) is 47.6 Å². The normalized spacial score (nSPS) is 16.7. The molecule has 114 valence electrons. The molecule has 2 aromatic carbocycles. The van der Waals surface area contributed by atoms with E-state index >= 15 is 0 Å². The van der Waals surface area contributed by atoms with E-state index < -0.39 is 0 Å². The monoisotopic (exact) mass is 297 g/mol. The summed E-state index contributed by atoms with van der Waals surface area (Å²) in [6.07, 6.45) is 0.415. The average molecular weight is 297 g/mol. The summed E-state index contributed by atoms with van der Waals surface area (Å²) in [5.41, 5.74) is 4.08. The van der Waals surface area contributed by atoms with E-state index in [2.05, 4.69) is 36.5 Å². The van der Waals surface area contributed by atoms with Crippen LogP contribution in [0.3, 0.4) is 0 Å². The van der Waals surface area contributed by atoms with Crippen LogP contribution < -0.4 is 14.8 Å². The number of nitrogens with one attached hydrogen (secondary N) is 1. The van der Waals surface area contributed by atoms with Gasteiger partial charge in [-0.15, -0.1) is 0 Å². The minimum atomic E-state index is -0.00907. The second-order valence-electron chi connectivity index (χ2n) is 5.51. The number of hydrogen-bond acceptors (Lipinski definition) is 3. The third-order valence-electron chi connectivity index (χ3n) is 4.06. The van der Waals surface area contributed by atoms with E-state index in [-0.39, 0.29) is 11.8 Å². The fourth-order valence-electron chi connectivity index (χ4n) is 2.92. The van der Waals surface area contributed by atoms with E-state index in [0.717, 1.165) is 22.6 Å². The predicted octanol–water partition coefficient (Wildman–Crippen LogP) is 3.49.